The third-order valence-corrected chi connectivity index (χ3v) is 4.38. The molecule has 0 saturated carbocycles. The summed E-state index contributed by atoms with van der Waals surface area (Å²) in [7, 11) is -4.09. The molecule has 0 rings (SSSR count). The average molecular weight is 218 g/mol. The molecule has 0 atom stereocenters. The van der Waals surface area contributed by atoms with Gasteiger partial charge in [-0.1, -0.05) is 26.0 Å². The van der Waals surface area contributed by atoms with Crippen molar-refractivity contribution in [2.24, 2.45) is 5.92 Å². The van der Waals surface area contributed by atoms with E-state index in [0.29, 0.717) is 0 Å². The summed E-state index contributed by atoms with van der Waals surface area (Å²) in [6.45, 7) is 10.6. The first-order chi connectivity index (χ1) is 6.31. The molecule has 82 valence electrons. The Morgan fingerprint density at radius 2 is 1.64 bits per heavy atom. The summed E-state index contributed by atoms with van der Waals surface area (Å²) in [5.74, 6) is -0.187. The summed E-state index contributed by atoms with van der Waals surface area (Å²) >= 11 is 0. The van der Waals surface area contributed by atoms with Gasteiger partial charge in [0.05, 0.1) is 0 Å². The maximum atomic E-state index is 11.3. The van der Waals surface area contributed by atoms with Crippen LogP contribution in [0, 0.1) is 5.92 Å². The van der Waals surface area contributed by atoms with Gasteiger partial charge in [0.15, 0.2) is 0 Å². The molecular formula is C10H18O3S. The van der Waals surface area contributed by atoms with Gasteiger partial charge >= 0.3 is 0 Å². The standard InChI is InChI=1S/C10H18O3S/c1-5-7-10(8-6-2,9(3)4)14(11,12)13/h5-6,9H,1-2,7-8H2,3-4H3,(H,11,12,13). The normalized spacial score (nSPS) is 12.9. The highest BCUT2D eigenvalue weighted by molar-refractivity contribution is 7.87. The predicted octanol–water partition coefficient (Wildman–Crippen LogP) is 2.42. The summed E-state index contributed by atoms with van der Waals surface area (Å²) in [6.07, 6.45) is 3.49. The third-order valence-electron chi connectivity index (χ3n) is 2.55. The van der Waals surface area contributed by atoms with Crippen LogP contribution in [0.3, 0.4) is 0 Å². The fourth-order valence-electron chi connectivity index (χ4n) is 1.55. The van der Waals surface area contributed by atoms with E-state index in [0.717, 1.165) is 0 Å². The molecule has 4 heteroatoms. The summed E-state index contributed by atoms with van der Waals surface area (Å²) in [5, 5.41) is 0. The Bertz CT molecular complexity index is 291. The van der Waals surface area contributed by atoms with Gasteiger partial charge in [0.1, 0.15) is 4.75 Å². The van der Waals surface area contributed by atoms with Crippen LogP contribution in [0.15, 0.2) is 25.3 Å². The minimum atomic E-state index is -4.09. The molecule has 0 aliphatic carbocycles. The van der Waals surface area contributed by atoms with E-state index in [1.807, 2.05) is 0 Å². The van der Waals surface area contributed by atoms with Crippen LogP contribution in [0.1, 0.15) is 26.7 Å². The van der Waals surface area contributed by atoms with Crippen LogP contribution >= 0.6 is 0 Å². The Labute approximate surface area is 86.3 Å². The molecule has 0 unspecified atom stereocenters. The molecule has 0 aliphatic rings. The van der Waals surface area contributed by atoms with E-state index < -0.39 is 14.9 Å². The lowest BCUT2D eigenvalue weighted by atomic mass is 9.88. The van der Waals surface area contributed by atoms with E-state index in [-0.39, 0.29) is 18.8 Å². The van der Waals surface area contributed by atoms with Gasteiger partial charge in [0.2, 0.25) is 0 Å². The average Bonchev–Trinajstić information content (AvgIpc) is 2.01. The monoisotopic (exact) mass is 218 g/mol. The van der Waals surface area contributed by atoms with Gasteiger partial charge in [0, 0.05) is 0 Å². The molecule has 3 nitrogen and oxygen atoms in total. The van der Waals surface area contributed by atoms with Crippen LogP contribution in [-0.2, 0) is 10.1 Å². The summed E-state index contributed by atoms with van der Waals surface area (Å²) in [6, 6.07) is 0. The van der Waals surface area contributed by atoms with Crippen molar-refractivity contribution in [3.8, 4) is 0 Å². The SMILES string of the molecule is C=CCC(CC=C)(C(C)C)S(=O)(=O)O. The van der Waals surface area contributed by atoms with Gasteiger partial charge in [-0.2, -0.15) is 8.42 Å². The summed E-state index contributed by atoms with van der Waals surface area (Å²) < 4.78 is 30.7. The van der Waals surface area contributed by atoms with Crippen LogP contribution in [0.25, 0.3) is 0 Å². The maximum Gasteiger partial charge on any atom is 0.271 e. The molecule has 0 aromatic rings. The minimum absolute atomic E-state index is 0.187. The van der Waals surface area contributed by atoms with Gasteiger partial charge in [-0.25, -0.2) is 0 Å². The molecular weight excluding hydrogens is 200 g/mol. The lowest BCUT2D eigenvalue weighted by Crippen LogP contribution is -2.42. The molecule has 14 heavy (non-hydrogen) atoms. The zero-order valence-corrected chi connectivity index (χ0v) is 9.55. The molecule has 0 bridgehead atoms. The quantitative estimate of drug-likeness (QED) is 0.550. The van der Waals surface area contributed by atoms with Gasteiger partial charge < -0.3 is 0 Å². The summed E-state index contributed by atoms with van der Waals surface area (Å²) in [5.41, 5.74) is 0. The second-order valence-electron chi connectivity index (χ2n) is 3.68. The van der Waals surface area contributed by atoms with Crippen molar-refractivity contribution in [2.75, 3.05) is 0 Å². The van der Waals surface area contributed by atoms with Crippen molar-refractivity contribution >= 4 is 10.1 Å². The van der Waals surface area contributed by atoms with E-state index in [4.69, 9.17) is 0 Å². The molecule has 0 aromatic heterocycles. The molecule has 0 radical (unpaired) electrons. The topological polar surface area (TPSA) is 54.4 Å². The van der Waals surface area contributed by atoms with Gasteiger partial charge in [-0.15, -0.1) is 13.2 Å². The molecule has 0 aliphatic heterocycles. The van der Waals surface area contributed by atoms with Crippen molar-refractivity contribution in [3.63, 3.8) is 0 Å². The molecule has 0 spiro atoms. The molecule has 0 heterocycles. The second-order valence-corrected chi connectivity index (χ2v) is 5.44. The Hall–Kier alpha value is -0.610. The number of hydrogen-bond donors (Lipinski definition) is 1. The number of hydrogen-bond acceptors (Lipinski definition) is 2. The maximum absolute atomic E-state index is 11.3. The van der Waals surface area contributed by atoms with E-state index in [9.17, 15) is 13.0 Å². The fourth-order valence-corrected chi connectivity index (χ4v) is 2.80. The van der Waals surface area contributed by atoms with Crippen molar-refractivity contribution in [3.05, 3.63) is 25.3 Å². The van der Waals surface area contributed by atoms with Crippen molar-refractivity contribution < 1.29 is 13.0 Å². The van der Waals surface area contributed by atoms with Crippen LogP contribution in [-0.4, -0.2) is 17.7 Å². The smallest absolute Gasteiger partial charge is 0.271 e. The zero-order valence-electron chi connectivity index (χ0n) is 8.73. The van der Waals surface area contributed by atoms with Crippen LogP contribution in [0.4, 0.5) is 0 Å². The van der Waals surface area contributed by atoms with Gasteiger partial charge in [-0.05, 0) is 18.8 Å². The fraction of sp³-hybridized carbons (Fsp3) is 0.600. The van der Waals surface area contributed by atoms with E-state index in [2.05, 4.69) is 13.2 Å². The Kier molecular flexibility index (Phi) is 4.55. The van der Waals surface area contributed by atoms with Crippen LogP contribution in [0.2, 0.25) is 0 Å². The Balaban J connectivity index is 5.36. The molecule has 0 aromatic carbocycles. The second kappa shape index (κ2) is 4.75. The number of rotatable bonds is 6. The van der Waals surface area contributed by atoms with Crippen molar-refractivity contribution in [1.29, 1.82) is 0 Å². The zero-order chi connectivity index (χ0) is 11.4. The van der Waals surface area contributed by atoms with Crippen molar-refractivity contribution in [1.82, 2.24) is 0 Å². The summed E-state index contributed by atoms with van der Waals surface area (Å²) in [4.78, 5) is 0. The minimum Gasteiger partial charge on any atom is -0.285 e. The highest BCUT2D eigenvalue weighted by Gasteiger charge is 2.43. The predicted molar refractivity (Wildman–Crippen MR) is 58.7 cm³/mol. The lowest BCUT2D eigenvalue weighted by Gasteiger charge is -2.32. The first kappa shape index (κ1) is 13.4. The van der Waals surface area contributed by atoms with Crippen molar-refractivity contribution in [2.45, 2.75) is 31.4 Å². The van der Waals surface area contributed by atoms with E-state index in [1.54, 1.807) is 13.8 Å². The Morgan fingerprint density at radius 3 is 1.79 bits per heavy atom. The van der Waals surface area contributed by atoms with E-state index >= 15 is 0 Å². The first-order valence-electron chi connectivity index (χ1n) is 4.50. The first-order valence-corrected chi connectivity index (χ1v) is 5.94. The molecule has 1 N–H and O–H groups in total. The molecule has 0 saturated heterocycles. The molecule has 0 fully saturated rings. The van der Waals surface area contributed by atoms with Crippen LogP contribution in [0.5, 0.6) is 0 Å². The van der Waals surface area contributed by atoms with E-state index in [1.165, 1.54) is 12.2 Å². The highest BCUT2D eigenvalue weighted by Crippen LogP contribution is 2.34. The lowest BCUT2D eigenvalue weighted by molar-refractivity contribution is 0.357. The van der Waals surface area contributed by atoms with Crippen LogP contribution < -0.4 is 0 Å². The Morgan fingerprint density at radius 1 is 1.29 bits per heavy atom. The van der Waals surface area contributed by atoms with Gasteiger partial charge in [0.25, 0.3) is 10.1 Å². The number of allylic oxidation sites excluding steroid dienone is 2. The molecule has 0 amide bonds. The highest BCUT2D eigenvalue weighted by atomic mass is 32.2. The van der Waals surface area contributed by atoms with Gasteiger partial charge in [-0.3, -0.25) is 4.55 Å². The largest absolute Gasteiger partial charge is 0.285 e. The third kappa shape index (κ3) is 2.45.